The van der Waals surface area contributed by atoms with Crippen molar-refractivity contribution >= 4 is 0 Å². The van der Waals surface area contributed by atoms with Crippen molar-refractivity contribution in [2.24, 2.45) is 0 Å². The predicted octanol–water partition coefficient (Wildman–Crippen LogP) is -2.89. The topological polar surface area (TPSA) is 0 Å². The van der Waals surface area contributed by atoms with Gasteiger partial charge in [0.05, 0.1) is 0 Å². The van der Waals surface area contributed by atoms with Gasteiger partial charge in [-0.05, 0) is 0 Å². The van der Waals surface area contributed by atoms with E-state index in [1.165, 1.54) is 0 Å². The van der Waals surface area contributed by atoms with E-state index in [2.05, 4.69) is 0 Å². The third-order valence-electron chi connectivity index (χ3n) is 0. The summed E-state index contributed by atoms with van der Waals surface area (Å²) in [5.41, 5.74) is 0. The molecule has 0 rings (SSSR count). The van der Waals surface area contributed by atoms with Gasteiger partial charge in [0.25, 0.3) is 0 Å². The normalized spacial score (nSPS) is 0. The molecule has 32 valence electrons. The van der Waals surface area contributed by atoms with Crippen LogP contribution < -0.4 is 18.9 Å². The third-order valence-corrected chi connectivity index (χ3v) is 0. The Hall–Kier alpha value is 2.31. The summed E-state index contributed by atoms with van der Waals surface area (Å²) in [6.45, 7) is 0. The summed E-state index contributed by atoms with van der Waals surface area (Å²) in [7, 11) is 0. The fourth-order valence-corrected chi connectivity index (χ4v) is 0. The standard InChI is InChI=1S/Co.Cu.Li.Pt.H/q;;+1;;-1. The van der Waals surface area contributed by atoms with E-state index in [1.807, 2.05) is 0 Å². The summed E-state index contributed by atoms with van der Waals surface area (Å²) in [6.07, 6.45) is 0. The Labute approximate surface area is 74.5 Å². The molecule has 0 saturated heterocycles. The molecule has 0 aromatic heterocycles. The van der Waals surface area contributed by atoms with Crippen molar-refractivity contribution in [1.29, 1.82) is 0 Å². The van der Waals surface area contributed by atoms with Crippen molar-refractivity contribution in [3.8, 4) is 0 Å². The molecule has 4 heavy (non-hydrogen) atoms. The van der Waals surface area contributed by atoms with Crippen LogP contribution in [0, 0.1) is 0 Å². The van der Waals surface area contributed by atoms with E-state index in [1.54, 1.807) is 0 Å². The van der Waals surface area contributed by atoms with E-state index in [4.69, 9.17) is 0 Å². The van der Waals surface area contributed by atoms with Gasteiger partial charge in [0.2, 0.25) is 0 Å². The smallest absolute Gasteiger partial charge is 1.00 e. The molecule has 0 atom stereocenters. The molecule has 4 heteroatoms. The van der Waals surface area contributed by atoms with Crippen molar-refractivity contribution in [3.05, 3.63) is 0 Å². The minimum Gasteiger partial charge on any atom is -1.00 e. The molecule has 0 aliphatic heterocycles. The van der Waals surface area contributed by atoms with E-state index < -0.39 is 0 Å². The molecule has 0 saturated carbocycles. The van der Waals surface area contributed by atoms with Crippen LogP contribution in [0.25, 0.3) is 0 Å². The molecule has 0 aliphatic carbocycles. The largest absolute Gasteiger partial charge is 1.00 e. The molecule has 0 aromatic rings. The minimum atomic E-state index is 0. The van der Waals surface area contributed by atoms with Crippen LogP contribution >= 0.6 is 0 Å². The average Bonchev–Trinajstić information content (AvgIpc) is 0. The molecular formula is HCoCuLiPt. The Morgan fingerprint density at radius 2 is 1.25 bits per heavy atom. The first-order valence-electron chi connectivity index (χ1n) is 0. The summed E-state index contributed by atoms with van der Waals surface area (Å²) in [6, 6.07) is 0. The maximum absolute atomic E-state index is 0. The fourth-order valence-electron chi connectivity index (χ4n) is 0. The Bertz CT molecular complexity index is 11.6. The monoisotopic (exact) mass is 325 g/mol. The van der Waals surface area contributed by atoms with Crippen LogP contribution in [-0.2, 0) is 54.9 Å². The number of rotatable bonds is 0. The van der Waals surface area contributed by atoms with Gasteiger partial charge in [-0.15, -0.1) is 0 Å². The van der Waals surface area contributed by atoms with Gasteiger partial charge in [-0.2, -0.15) is 0 Å². The molecule has 0 N–H and O–H groups in total. The molecule has 0 aromatic carbocycles. The summed E-state index contributed by atoms with van der Waals surface area (Å²) < 4.78 is 0. The van der Waals surface area contributed by atoms with E-state index in [0.29, 0.717) is 0 Å². The van der Waals surface area contributed by atoms with Gasteiger partial charge in [-0.25, -0.2) is 0 Å². The maximum Gasteiger partial charge on any atom is 1.00 e. The van der Waals surface area contributed by atoms with E-state index >= 15 is 0 Å². The van der Waals surface area contributed by atoms with E-state index in [9.17, 15) is 0 Å². The second kappa shape index (κ2) is 18.5. The van der Waals surface area contributed by atoms with Gasteiger partial charge in [0.1, 0.15) is 0 Å². The molecule has 0 heterocycles. The van der Waals surface area contributed by atoms with Crippen LogP contribution in [0.1, 0.15) is 1.43 Å². The van der Waals surface area contributed by atoms with Crippen molar-refractivity contribution in [1.82, 2.24) is 0 Å². The van der Waals surface area contributed by atoms with Crippen molar-refractivity contribution in [3.63, 3.8) is 0 Å². The molecule has 0 aliphatic rings. The summed E-state index contributed by atoms with van der Waals surface area (Å²) in [5, 5.41) is 0. The molecule has 0 fully saturated rings. The molecular weight excluding hydrogens is 324 g/mol. The van der Waals surface area contributed by atoms with Gasteiger partial charge in [0, 0.05) is 54.9 Å². The van der Waals surface area contributed by atoms with Crippen LogP contribution in [0.2, 0.25) is 0 Å². The van der Waals surface area contributed by atoms with Crippen LogP contribution in [0.4, 0.5) is 0 Å². The zero-order valence-corrected chi connectivity index (χ0v) is 6.21. The SMILES string of the molecule is [Co].[Cu].[H-].[Li+].[Pt]. The average molecular weight is 326 g/mol. The quantitative estimate of drug-likeness (QED) is 0.420. The predicted molar refractivity (Wildman–Crippen MR) is 1.11 cm³/mol. The second-order valence-electron chi connectivity index (χ2n) is 0. The zero-order chi connectivity index (χ0) is 0. The van der Waals surface area contributed by atoms with E-state index in [0.717, 1.165) is 0 Å². The van der Waals surface area contributed by atoms with Crippen LogP contribution in [0.5, 0.6) is 0 Å². The first-order valence-corrected chi connectivity index (χ1v) is 0. The summed E-state index contributed by atoms with van der Waals surface area (Å²) in [5.74, 6) is 0. The van der Waals surface area contributed by atoms with Crippen molar-refractivity contribution in [2.45, 2.75) is 0 Å². The van der Waals surface area contributed by atoms with Crippen molar-refractivity contribution < 1.29 is 75.2 Å². The van der Waals surface area contributed by atoms with Gasteiger partial charge in [0.15, 0.2) is 0 Å². The summed E-state index contributed by atoms with van der Waals surface area (Å²) >= 11 is 0. The molecule has 0 spiro atoms. The summed E-state index contributed by atoms with van der Waals surface area (Å²) in [4.78, 5) is 0. The van der Waals surface area contributed by atoms with Crippen LogP contribution in [-0.4, -0.2) is 0 Å². The Morgan fingerprint density at radius 3 is 1.25 bits per heavy atom. The Kier molecular flexibility index (Phi) is 154. The van der Waals surface area contributed by atoms with Gasteiger partial charge >= 0.3 is 18.9 Å². The fraction of sp³-hybridized carbons (Fsp3) is 0. The maximum atomic E-state index is 0. The van der Waals surface area contributed by atoms with Crippen molar-refractivity contribution in [2.75, 3.05) is 0 Å². The van der Waals surface area contributed by atoms with Gasteiger partial charge in [-0.3, -0.25) is 0 Å². The number of hydrogen-bond acceptors (Lipinski definition) is 0. The van der Waals surface area contributed by atoms with Crippen LogP contribution in [0.15, 0.2) is 0 Å². The zero-order valence-electron chi connectivity index (χ0n) is 2.95. The Morgan fingerprint density at radius 1 is 1.25 bits per heavy atom. The third kappa shape index (κ3) is 8.85. The first-order chi connectivity index (χ1) is 0. The molecule has 0 unspecified atom stereocenters. The molecule has 0 nitrogen and oxygen atoms in total. The number of hydrogen-bond donors (Lipinski definition) is 0. The molecule has 0 amide bonds. The van der Waals surface area contributed by atoms with Gasteiger partial charge < -0.3 is 1.43 Å². The molecule has 0 bridgehead atoms. The molecule has 2 radical (unpaired) electrons. The van der Waals surface area contributed by atoms with Crippen LogP contribution in [0.3, 0.4) is 0 Å². The minimum absolute atomic E-state index is 0. The first kappa shape index (κ1) is 33.3. The van der Waals surface area contributed by atoms with E-state index in [-0.39, 0.29) is 75.2 Å². The Balaban J connectivity index is 0. The second-order valence-corrected chi connectivity index (χ2v) is 0. The van der Waals surface area contributed by atoms with Gasteiger partial charge in [-0.1, -0.05) is 0 Å².